The van der Waals surface area contributed by atoms with Crippen LogP contribution in [-0.2, 0) is 6.42 Å². The molecular formula is C54H54N2. The lowest BCUT2D eigenvalue weighted by Crippen LogP contribution is -2.26. The summed E-state index contributed by atoms with van der Waals surface area (Å²) in [5.41, 5.74) is 16.5. The van der Waals surface area contributed by atoms with E-state index in [2.05, 4.69) is 221 Å². The minimum atomic E-state index is 0.441. The molecule has 0 radical (unpaired) electrons. The summed E-state index contributed by atoms with van der Waals surface area (Å²) in [5.74, 6) is 0.441. The summed E-state index contributed by atoms with van der Waals surface area (Å²) >= 11 is 0. The van der Waals surface area contributed by atoms with E-state index in [9.17, 15) is 0 Å². The summed E-state index contributed by atoms with van der Waals surface area (Å²) in [6.07, 6.45) is 11.3. The van der Waals surface area contributed by atoms with Gasteiger partial charge in [0, 0.05) is 35.5 Å². The van der Waals surface area contributed by atoms with Gasteiger partial charge in [-0.3, -0.25) is 0 Å². The smallest absolute Gasteiger partial charge is 0.0467 e. The van der Waals surface area contributed by atoms with Crippen LogP contribution in [0.2, 0.25) is 0 Å². The quantitative estimate of drug-likeness (QED) is 0.124. The number of para-hydroxylation sites is 2. The standard InChI is InChI=1S/C54H54N2/c1-7-39(3)54(52-26-18-16-20-41(52)5)53-38-50(32-31-45(53)37-42(8-2)43-27-29-44(30-28-43)51-25-17-15-19-40(51)4)56(48-23-13-10-14-24-48)49-35-33-47(34-36-49)55(6)46-21-11-9-12-22-46/h7,9-27,29,31-36,38,42H,5,8,28,30,37H2,1-4,6H3/b39-7-,54-52+. The van der Waals surface area contributed by atoms with Crippen molar-refractivity contribution in [2.24, 2.45) is 5.92 Å². The second kappa shape index (κ2) is 17.6. The summed E-state index contributed by atoms with van der Waals surface area (Å²) in [5, 5.41) is 2.21. The Bertz CT molecular complexity index is 2490. The minimum Gasteiger partial charge on any atom is -0.345 e. The van der Waals surface area contributed by atoms with Gasteiger partial charge >= 0.3 is 0 Å². The largest absolute Gasteiger partial charge is 0.345 e. The number of hydrogen-bond acceptors (Lipinski definition) is 2. The summed E-state index contributed by atoms with van der Waals surface area (Å²) in [7, 11) is 2.12. The van der Waals surface area contributed by atoms with E-state index in [0.717, 1.165) is 59.3 Å². The maximum Gasteiger partial charge on any atom is 0.0467 e. The summed E-state index contributed by atoms with van der Waals surface area (Å²) in [6.45, 7) is 13.5. The van der Waals surface area contributed by atoms with Crippen molar-refractivity contribution in [1.29, 1.82) is 0 Å². The van der Waals surface area contributed by atoms with Crippen molar-refractivity contribution in [2.45, 2.75) is 53.4 Å². The van der Waals surface area contributed by atoms with Gasteiger partial charge in [0.15, 0.2) is 0 Å². The lowest BCUT2D eigenvalue weighted by Gasteiger charge is -2.29. The zero-order valence-electron chi connectivity index (χ0n) is 33.7. The van der Waals surface area contributed by atoms with Gasteiger partial charge in [-0.2, -0.15) is 0 Å². The van der Waals surface area contributed by atoms with Crippen LogP contribution < -0.4 is 20.2 Å². The van der Waals surface area contributed by atoms with Gasteiger partial charge in [0.25, 0.3) is 0 Å². The third-order valence-electron chi connectivity index (χ3n) is 11.5. The van der Waals surface area contributed by atoms with E-state index in [0.29, 0.717) is 5.92 Å². The second-order valence-corrected chi connectivity index (χ2v) is 15.0. The van der Waals surface area contributed by atoms with Crippen molar-refractivity contribution >= 4 is 46.2 Å². The Morgan fingerprint density at radius 3 is 1.91 bits per heavy atom. The monoisotopic (exact) mass is 730 g/mol. The Morgan fingerprint density at radius 2 is 1.27 bits per heavy atom. The lowest BCUT2D eigenvalue weighted by atomic mass is 9.80. The molecule has 6 aromatic rings. The molecule has 0 aromatic heterocycles. The van der Waals surface area contributed by atoms with Gasteiger partial charge in [-0.05, 0) is 162 Å². The van der Waals surface area contributed by atoms with Crippen LogP contribution >= 0.6 is 0 Å². The molecule has 0 fully saturated rings. The maximum atomic E-state index is 4.52. The van der Waals surface area contributed by atoms with E-state index in [-0.39, 0.29) is 0 Å². The van der Waals surface area contributed by atoms with Crippen LogP contribution in [0.4, 0.5) is 28.4 Å². The van der Waals surface area contributed by atoms with Gasteiger partial charge < -0.3 is 9.80 Å². The Kier molecular flexibility index (Phi) is 12.0. The molecule has 6 aromatic carbocycles. The normalized spacial score (nSPS) is 14.1. The van der Waals surface area contributed by atoms with Crippen LogP contribution in [0.3, 0.4) is 0 Å². The summed E-state index contributed by atoms with van der Waals surface area (Å²) < 4.78 is 0. The summed E-state index contributed by atoms with van der Waals surface area (Å²) in [4.78, 5) is 4.61. The Morgan fingerprint density at radius 1 is 0.679 bits per heavy atom. The van der Waals surface area contributed by atoms with Crippen LogP contribution in [-0.4, -0.2) is 7.05 Å². The molecule has 0 aliphatic heterocycles. The molecule has 0 bridgehead atoms. The highest BCUT2D eigenvalue weighted by molar-refractivity contribution is 5.85. The van der Waals surface area contributed by atoms with Crippen LogP contribution in [0.25, 0.3) is 17.7 Å². The number of rotatable bonds is 12. The van der Waals surface area contributed by atoms with E-state index in [1.54, 1.807) is 5.57 Å². The Balaban J connectivity index is 1.35. The van der Waals surface area contributed by atoms with Crippen molar-refractivity contribution in [3.05, 3.63) is 214 Å². The Labute approximate surface area is 334 Å². The van der Waals surface area contributed by atoms with Gasteiger partial charge in [-0.1, -0.05) is 128 Å². The molecule has 7 rings (SSSR count). The fourth-order valence-electron chi connectivity index (χ4n) is 8.20. The molecule has 1 atom stereocenters. The Hall–Kier alpha value is -6.12. The van der Waals surface area contributed by atoms with Gasteiger partial charge in [0.2, 0.25) is 0 Å². The molecule has 0 N–H and O–H groups in total. The van der Waals surface area contributed by atoms with E-state index in [1.807, 2.05) is 0 Å². The van der Waals surface area contributed by atoms with Crippen molar-refractivity contribution in [1.82, 2.24) is 0 Å². The lowest BCUT2D eigenvalue weighted by molar-refractivity contribution is 0.564. The average molecular weight is 731 g/mol. The number of nitrogens with zero attached hydrogens (tertiary/aromatic N) is 2. The predicted molar refractivity (Wildman–Crippen MR) is 243 cm³/mol. The number of allylic oxidation sites excluding steroid dienone is 6. The van der Waals surface area contributed by atoms with Crippen LogP contribution in [0.1, 0.15) is 62.3 Å². The average Bonchev–Trinajstić information content (AvgIpc) is 3.25. The zero-order valence-corrected chi connectivity index (χ0v) is 33.7. The molecule has 0 spiro atoms. The molecule has 1 aliphatic rings. The highest BCUT2D eigenvalue weighted by atomic mass is 15.1. The van der Waals surface area contributed by atoms with Crippen molar-refractivity contribution in [2.75, 3.05) is 16.8 Å². The van der Waals surface area contributed by atoms with Gasteiger partial charge in [-0.25, -0.2) is 0 Å². The van der Waals surface area contributed by atoms with Crippen molar-refractivity contribution < 1.29 is 0 Å². The predicted octanol–water partition coefficient (Wildman–Crippen LogP) is 13.2. The number of hydrogen-bond donors (Lipinski definition) is 0. The van der Waals surface area contributed by atoms with Crippen molar-refractivity contribution in [3.8, 4) is 0 Å². The number of benzene rings is 6. The molecule has 0 heterocycles. The van der Waals surface area contributed by atoms with Crippen LogP contribution in [0, 0.1) is 12.8 Å². The van der Waals surface area contributed by atoms with E-state index < -0.39 is 0 Å². The SMILES string of the molecule is C=c1cccc/c1=C(/C(C)=C\C)c1cc(N(c2ccccc2)c2ccc(N(C)c3ccccc3)cc2)ccc1CC(CC)C1=CC=C(c2ccccc2C)CC1. The minimum absolute atomic E-state index is 0.441. The first-order valence-electron chi connectivity index (χ1n) is 20.1. The molecule has 2 nitrogen and oxygen atoms in total. The summed E-state index contributed by atoms with van der Waals surface area (Å²) in [6, 6.07) is 54.7. The van der Waals surface area contributed by atoms with E-state index in [1.165, 1.54) is 44.2 Å². The molecule has 0 saturated heterocycles. The van der Waals surface area contributed by atoms with E-state index in [4.69, 9.17) is 0 Å². The second-order valence-electron chi connectivity index (χ2n) is 15.0. The first-order valence-corrected chi connectivity index (χ1v) is 20.1. The van der Waals surface area contributed by atoms with Gasteiger partial charge in [0.05, 0.1) is 0 Å². The fraction of sp³-hybridized carbons (Fsp3) is 0.185. The molecule has 1 aliphatic carbocycles. The molecule has 280 valence electrons. The van der Waals surface area contributed by atoms with Crippen molar-refractivity contribution in [3.63, 3.8) is 0 Å². The maximum absolute atomic E-state index is 4.52. The first-order chi connectivity index (χ1) is 27.4. The molecule has 2 heteroatoms. The highest BCUT2D eigenvalue weighted by Crippen LogP contribution is 2.40. The van der Waals surface area contributed by atoms with Crippen LogP contribution in [0.15, 0.2) is 181 Å². The fourth-order valence-corrected chi connectivity index (χ4v) is 8.20. The van der Waals surface area contributed by atoms with Gasteiger partial charge in [-0.15, -0.1) is 0 Å². The number of anilines is 5. The third kappa shape index (κ3) is 8.26. The molecule has 1 unspecified atom stereocenters. The number of aryl methyl sites for hydroxylation is 1. The third-order valence-corrected chi connectivity index (χ3v) is 11.5. The molecule has 0 amide bonds. The van der Waals surface area contributed by atoms with Gasteiger partial charge in [0.1, 0.15) is 0 Å². The topological polar surface area (TPSA) is 6.48 Å². The van der Waals surface area contributed by atoms with E-state index >= 15 is 0 Å². The molecule has 56 heavy (non-hydrogen) atoms. The molecule has 0 saturated carbocycles. The zero-order chi connectivity index (χ0) is 39.0. The first kappa shape index (κ1) is 38.2. The van der Waals surface area contributed by atoms with Crippen LogP contribution in [0.5, 0.6) is 0 Å². The molecular weight excluding hydrogens is 677 g/mol. The highest BCUT2D eigenvalue weighted by Gasteiger charge is 2.22.